The summed E-state index contributed by atoms with van der Waals surface area (Å²) in [5.41, 5.74) is 0.899. The Hall–Kier alpha value is -2.96. The van der Waals surface area contributed by atoms with Gasteiger partial charge in [0.2, 0.25) is 0 Å². The fraction of sp³-hybridized carbons (Fsp3) is 0.133. The zero-order valence-corrected chi connectivity index (χ0v) is 11.8. The SMILES string of the molecule is COc1cccc(COc2ncc(F)c(-n3ccnc3)n2)c1. The predicted molar refractivity (Wildman–Crippen MR) is 76.4 cm³/mol. The van der Waals surface area contributed by atoms with Crippen LogP contribution in [0.25, 0.3) is 5.82 Å². The number of imidazole rings is 1. The fourth-order valence-corrected chi connectivity index (χ4v) is 1.89. The van der Waals surface area contributed by atoms with Crippen molar-refractivity contribution in [1.82, 2.24) is 19.5 Å². The van der Waals surface area contributed by atoms with Gasteiger partial charge in [-0.05, 0) is 17.7 Å². The van der Waals surface area contributed by atoms with Crippen LogP contribution in [-0.2, 0) is 6.61 Å². The van der Waals surface area contributed by atoms with E-state index < -0.39 is 5.82 Å². The molecule has 0 aliphatic carbocycles. The molecule has 1 aromatic carbocycles. The number of ether oxygens (including phenoxy) is 2. The third-order valence-corrected chi connectivity index (χ3v) is 2.95. The van der Waals surface area contributed by atoms with Gasteiger partial charge in [-0.3, -0.25) is 4.57 Å². The van der Waals surface area contributed by atoms with Gasteiger partial charge in [-0.1, -0.05) is 12.1 Å². The summed E-state index contributed by atoms with van der Waals surface area (Å²) in [7, 11) is 1.60. The number of benzene rings is 1. The van der Waals surface area contributed by atoms with E-state index in [0.29, 0.717) is 0 Å². The van der Waals surface area contributed by atoms with Crippen LogP contribution in [0.2, 0.25) is 0 Å². The van der Waals surface area contributed by atoms with Gasteiger partial charge in [0.05, 0.1) is 13.3 Å². The first-order valence-corrected chi connectivity index (χ1v) is 6.53. The van der Waals surface area contributed by atoms with E-state index in [2.05, 4.69) is 15.0 Å². The van der Waals surface area contributed by atoms with Crippen molar-refractivity contribution in [3.8, 4) is 17.6 Å². The van der Waals surface area contributed by atoms with Gasteiger partial charge in [0.25, 0.3) is 0 Å². The molecule has 0 unspecified atom stereocenters. The van der Waals surface area contributed by atoms with Crippen LogP contribution in [0.4, 0.5) is 4.39 Å². The first-order valence-electron chi connectivity index (χ1n) is 6.53. The first-order chi connectivity index (χ1) is 10.8. The Morgan fingerprint density at radius 1 is 1.32 bits per heavy atom. The molecule has 0 saturated heterocycles. The Kier molecular flexibility index (Phi) is 3.95. The quantitative estimate of drug-likeness (QED) is 0.724. The van der Waals surface area contributed by atoms with Crippen molar-refractivity contribution >= 4 is 0 Å². The number of halogens is 1. The van der Waals surface area contributed by atoms with Crippen molar-refractivity contribution in [2.45, 2.75) is 6.61 Å². The molecule has 0 fully saturated rings. The van der Waals surface area contributed by atoms with Crippen molar-refractivity contribution in [3.05, 3.63) is 60.6 Å². The van der Waals surface area contributed by atoms with Gasteiger partial charge in [-0.2, -0.15) is 4.98 Å². The Labute approximate surface area is 126 Å². The van der Waals surface area contributed by atoms with Crippen LogP contribution in [-0.4, -0.2) is 26.6 Å². The lowest BCUT2D eigenvalue weighted by Gasteiger charge is -2.08. The monoisotopic (exact) mass is 300 g/mol. The maximum atomic E-state index is 13.7. The van der Waals surface area contributed by atoms with Gasteiger partial charge in [-0.25, -0.2) is 14.4 Å². The van der Waals surface area contributed by atoms with E-state index in [1.54, 1.807) is 19.5 Å². The molecule has 22 heavy (non-hydrogen) atoms. The highest BCUT2D eigenvalue weighted by Gasteiger charge is 2.09. The van der Waals surface area contributed by atoms with E-state index in [1.165, 1.54) is 10.9 Å². The summed E-state index contributed by atoms with van der Waals surface area (Å²) in [4.78, 5) is 11.8. The van der Waals surface area contributed by atoms with E-state index in [4.69, 9.17) is 9.47 Å². The summed E-state index contributed by atoms with van der Waals surface area (Å²) >= 11 is 0. The number of hydrogen-bond acceptors (Lipinski definition) is 5. The Bertz CT molecular complexity index is 762. The third kappa shape index (κ3) is 3.03. The third-order valence-electron chi connectivity index (χ3n) is 2.95. The van der Waals surface area contributed by atoms with E-state index in [-0.39, 0.29) is 18.4 Å². The molecule has 0 saturated carbocycles. The fourth-order valence-electron chi connectivity index (χ4n) is 1.89. The maximum absolute atomic E-state index is 13.7. The van der Waals surface area contributed by atoms with Crippen molar-refractivity contribution in [2.24, 2.45) is 0 Å². The molecular formula is C15H13FN4O2. The van der Waals surface area contributed by atoms with Crippen molar-refractivity contribution in [1.29, 1.82) is 0 Å². The zero-order valence-electron chi connectivity index (χ0n) is 11.8. The molecular weight excluding hydrogens is 287 g/mol. The molecule has 0 radical (unpaired) electrons. The predicted octanol–water partition coefficient (Wildman–Crippen LogP) is 2.39. The number of methoxy groups -OCH3 is 1. The van der Waals surface area contributed by atoms with Crippen LogP contribution in [0.3, 0.4) is 0 Å². The molecule has 0 bridgehead atoms. The van der Waals surface area contributed by atoms with Crippen LogP contribution in [0.5, 0.6) is 11.8 Å². The van der Waals surface area contributed by atoms with Gasteiger partial charge < -0.3 is 9.47 Å². The zero-order chi connectivity index (χ0) is 15.4. The van der Waals surface area contributed by atoms with E-state index in [0.717, 1.165) is 17.5 Å². The Morgan fingerprint density at radius 2 is 2.23 bits per heavy atom. The number of nitrogens with zero attached hydrogens (tertiary/aromatic N) is 4. The van der Waals surface area contributed by atoms with Crippen molar-refractivity contribution < 1.29 is 13.9 Å². The second-order valence-corrected chi connectivity index (χ2v) is 4.43. The van der Waals surface area contributed by atoms with Gasteiger partial charge >= 0.3 is 6.01 Å². The van der Waals surface area contributed by atoms with Crippen LogP contribution < -0.4 is 9.47 Å². The first kappa shape index (κ1) is 14.0. The molecule has 0 amide bonds. The molecule has 0 spiro atoms. The topological polar surface area (TPSA) is 62.1 Å². The average molecular weight is 300 g/mol. The number of hydrogen-bond donors (Lipinski definition) is 0. The van der Waals surface area contributed by atoms with Crippen LogP contribution in [0, 0.1) is 5.82 Å². The minimum absolute atomic E-state index is 0.0907. The lowest BCUT2D eigenvalue weighted by Crippen LogP contribution is -2.05. The smallest absolute Gasteiger partial charge is 0.318 e. The molecule has 2 heterocycles. The molecule has 3 aromatic rings. The lowest BCUT2D eigenvalue weighted by atomic mass is 10.2. The molecule has 0 aliphatic heterocycles. The number of aromatic nitrogens is 4. The molecule has 7 heteroatoms. The van der Waals surface area contributed by atoms with Crippen LogP contribution in [0.15, 0.2) is 49.2 Å². The Balaban J connectivity index is 1.77. The summed E-state index contributed by atoms with van der Waals surface area (Å²) < 4.78 is 25.9. The molecule has 0 atom stereocenters. The van der Waals surface area contributed by atoms with Crippen LogP contribution in [0.1, 0.15) is 5.56 Å². The second-order valence-electron chi connectivity index (χ2n) is 4.43. The van der Waals surface area contributed by atoms with Crippen molar-refractivity contribution in [3.63, 3.8) is 0 Å². The molecule has 0 N–H and O–H groups in total. The second kappa shape index (κ2) is 6.21. The van der Waals surface area contributed by atoms with Gasteiger partial charge in [0.15, 0.2) is 11.6 Å². The highest BCUT2D eigenvalue weighted by molar-refractivity contribution is 5.28. The highest BCUT2D eigenvalue weighted by Crippen LogP contribution is 2.16. The lowest BCUT2D eigenvalue weighted by molar-refractivity contribution is 0.278. The maximum Gasteiger partial charge on any atom is 0.318 e. The highest BCUT2D eigenvalue weighted by atomic mass is 19.1. The van der Waals surface area contributed by atoms with E-state index in [9.17, 15) is 4.39 Å². The summed E-state index contributed by atoms with van der Waals surface area (Å²) in [5.74, 6) is 0.278. The standard InChI is InChI=1S/C15H13FN4O2/c1-21-12-4-2-3-11(7-12)9-22-15-18-8-13(16)14(19-15)20-6-5-17-10-20/h2-8,10H,9H2,1H3. The molecule has 112 valence electrons. The summed E-state index contributed by atoms with van der Waals surface area (Å²) in [6.45, 7) is 0.256. The van der Waals surface area contributed by atoms with Gasteiger partial charge in [0.1, 0.15) is 18.7 Å². The molecule has 2 aromatic heterocycles. The Morgan fingerprint density at radius 3 is 3.00 bits per heavy atom. The van der Waals surface area contributed by atoms with Gasteiger partial charge in [-0.15, -0.1) is 0 Å². The molecule has 0 aliphatic rings. The minimum atomic E-state index is -0.549. The summed E-state index contributed by atoms with van der Waals surface area (Å²) in [6, 6.07) is 7.53. The molecule has 3 rings (SSSR count). The minimum Gasteiger partial charge on any atom is -0.497 e. The molecule has 6 nitrogen and oxygen atoms in total. The number of rotatable bonds is 5. The largest absolute Gasteiger partial charge is 0.497 e. The summed E-state index contributed by atoms with van der Waals surface area (Å²) in [6.07, 6.45) is 5.66. The average Bonchev–Trinajstić information content (AvgIpc) is 3.08. The summed E-state index contributed by atoms with van der Waals surface area (Å²) in [5, 5.41) is 0. The van der Waals surface area contributed by atoms with Gasteiger partial charge in [0, 0.05) is 12.4 Å². The van der Waals surface area contributed by atoms with E-state index in [1.807, 2.05) is 24.3 Å². The normalized spacial score (nSPS) is 10.5. The van der Waals surface area contributed by atoms with Crippen LogP contribution >= 0.6 is 0 Å². The van der Waals surface area contributed by atoms with E-state index >= 15 is 0 Å². The van der Waals surface area contributed by atoms with Crippen molar-refractivity contribution in [2.75, 3.05) is 7.11 Å².